The van der Waals surface area contributed by atoms with Crippen molar-refractivity contribution in [2.24, 2.45) is 0 Å². The SMILES string of the molecule is O=C(CCn1c(=O)[nH]c(=O)c2ccccc21)N1CCc2cc(NS(=O)(=O)Cc3ccccc3Cl)ccc21. The van der Waals surface area contributed by atoms with E-state index in [0.717, 1.165) is 5.56 Å². The van der Waals surface area contributed by atoms with E-state index in [1.54, 1.807) is 71.6 Å². The van der Waals surface area contributed by atoms with Crippen molar-refractivity contribution in [3.63, 3.8) is 0 Å². The Morgan fingerprint density at radius 3 is 2.59 bits per heavy atom. The molecule has 0 spiro atoms. The molecule has 0 radical (unpaired) electrons. The van der Waals surface area contributed by atoms with Crippen LogP contribution in [0.2, 0.25) is 5.02 Å². The third-order valence-electron chi connectivity index (χ3n) is 6.31. The van der Waals surface area contributed by atoms with Crippen molar-refractivity contribution in [2.75, 3.05) is 16.2 Å². The number of carbonyl (C=O) groups is 1. The van der Waals surface area contributed by atoms with Gasteiger partial charge in [-0.15, -0.1) is 0 Å². The number of carbonyl (C=O) groups excluding carboxylic acids is 1. The second-order valence-corrected chi connectivity index (χ2v) is 10.9. The van der Waals surface area contributed by atoms with Gasteiger partial charge in [0.15, 0.2) is 0 Å². The van der Waals surface area contributed by atoms with E-state index >= 15 is 0 Å². The first-order valence-electron chi connectivity index (χ1n) is 11.6. The molecule has 0 atom stereocenters. The van der Waals surface area contributed by atoms with Gasteiger partial charge in [-0.2, -0.15) is 0 Å². The third kappa shape index (κ3) is 5.16. The Morgan fingerprint density at radius 2 is 1.78 bits per heavy atom. The lowest BCUT2D eigenvalue weighted by molar-refractivity contribution is -0.118. The number of rotatable bonds is 7. The largest absolute Gasteiger partial charge is 0.328 e. The van der Waals surface area contributed by atoms with Crippen molar-refractivity contribution in [1.82, 2.24) is 9.55 Å². The average Bonchev–Trinajstić information content (AvgIpc) is 3.28. The molecule has 2 N–H and O–H groups in total. The van der Waals surface area contributed by atoms with Gasteiger partial charge in [-0.1, -0.05) is 41.9 Å². The number of halogens is 1. The molecule has 1 aromatic heterocycles. The molecular formula is C26H23ClN4O5S. The second kappa shape index (κ2) is 9.87. The van der Waals surface area contributed by atoms with E-state index < -0.39 is 21.3 Å². The van der Waals surface area contributed by atoms with Gasteiger partial charge in [-0.3, -0.25) is 23.9 Å². The van der Waals surface area contributed by atoms with Crippen LogP contribution in [0.15, 0.2) is 76.3 Å². The average molecular weight is 539 g/mol. The van der Waals surface area contributed by atoms with Crippen molar-refractivity contribution in [2.45, 2.75) is 25.1 Å². The van der Waals surface area contributed by atoms with Crippen molar-refractivity contribution >= 4 is 49.8 Å². The quantitative estimate of drug-likeness (QED) is 0.374. The van der Waals surface area contributed by atoms with Crippen LogP contribution in [0.1, 0.15) is 17.5 Å². The summed E-state index contributed by atoms with van der Waals surface area (Å²) < 4.78 is 29.3. The van der Waals surface area contributed by atoms with Crippen molar-refractivity contribution in [1.29, 1.82) is 0 Å². The topological polar surface area (TPSA) is 121 Å². The van der Waals surface area contributed by atoms with Gasteiger partial charge in [-0.05, 0) is 53.9 Å². The van der Waals surface area contributed by atoms with E-state index in [1.807, 2.05) is 0 Å². The number of nitrogens with zero attached hydrogens (tertiary/aromatic N) is 2. The molecule has 190 valence electrons. The van der Waals surface area contributed by atoms with Crippen LogP contribution in [0, 0.1) is 0 Å². The number of sulfonamides is 1. The van der Waals surface area contributed by atoms with Crippen LogP contribution in [0.5, 0.6) is 0 Å². The van der Waals surface area contributed by atoms with Crippen LogP contribution in [0.3, 0.4) is 0 Å². The molecule has 1 aliphatic heterocycles. The summed E-state index contributed by atoms with van der Waals surface area (Å²) >= 11 is 6.10. The Balaban J connectivity index is 1.29. The Labute approximate surface area is 217 Å². The highest BCUT2D eigenvalue weighted by Crippen LogP contribution is 2.31. The summed E-state index contributed by atoms with van der Waals surface area (Å²) in [5.41, 5.74) is 1.91. The van der Waals surface area contributed by atoms with Gasteiger partial charge in [-0.25, -0.2) is 13.2 Å². The molecule has 0 saturated heterocycles. The molecule has 2 heterocycles. The van der Waals surface area contributed by atoms with E-state index in [4.69, 9.17) is 11.6 Å². The van der Waals surface area contributed by atoms with E-state index in [0.29, 0.717) is 45.8 Å². The zero-order chi connectivity index (χ0) is 26.2. The van der Waals surface area contributed by atoms with Crippen molar-refractivity contribution < 1.29 is 13.2 Å². The van der Waals surface area contributed by atoms with Gasteiger partial charge >= 0.3 is 5.69 Å². The Bertz CT molecular complexity index is 1750. The molecule has 4 aromatic rings. The van der Waals surface area contributed by atoms with E-state index in [2.05, 4.69) is 9.71 Å². The Kier molecular flexibility index (Phi) is 6.61. The smallest absolute Gasteiger partial charge is 0.312 e. The predicted molar refractivity (Wildman–Crippen MR) is 144 cm³/mol. The van der Waals surface area contributed by atoms with Gasteiger partial charge in [0.2, 0.25) is 15.9 Å². The molecule has 1 aliphatic rings. The number of hydrogen-bond acceptors (Lipinski definition) is 5. The van der Waals surface area contributed by atoms with Gasteiger partial charge in [0, 0.05) is 35.9 Å². The highest BCUT2D eigenvalue weighted by Gasteiger charge is 2.25. The summed E-state index contributed by atoms with van der Waals surface area (Å²) in [6, 6.07) is 18.6. The van der Waals surface area contributed by atoms with E-state index in [-0.39, 0.29) is 24.6 Å². The number of anilines is 2. The molecule has 0 saturated carbocycles. The van der Waals surface area contributed by atoms with Crippen LogP contribution < -0.4 is 20.9 Å². The van der Waals surface area contributed by atoms with E-state index in [1.165, 1.54) is 4.57 Å². The maximum atomic E-state index is 13.1. The number of benzene rings is 3. The fraction of sp³-hybridized carbons (Fsp3) is 0.192. The summed E-state index contributed by atoms with van der Waals surface area (Å²) in [5, 5.41) is 0.763. The van der Waals surface area contributed by atoms with Crippen molar-refractivity contribution in [3.8, 4) is 0 Å². The van der Waals surface area contributed by atoms with Crippen LogP contribution >= 0.6 is 11.6 Å². The molecule has 5 rings (SSSR count). The fourth-order valence-corrected chi connectivity index (χ4v) is 6.07. The Morgan fingerprint density at radius 1 is 1.03 bits per heavy atom. The number of H-pyrrole nitrogens is 1. The second-order valence-electron chi connectivity index (χ2n) is 8.77. The summed E-state index contributed by atoms with van der Waals surface area (Å²) in [6.07, 6.45) is 0.629. The fourth-order valence-electron chi connectivity index (χ4n) is 4.57. The first-order valence-corrected chi connectivity index (χ1v) is 13.6. The number of nitrogens with one attached hydrogen (secondary N) is 2. The normalized spacial score (nSPS) is 13.1. The molecule has 3 aromatic carbocycles. The highest BCUT2D eigenvalue weighted by molar-refractivity contribution is 7.91. The number of hydrogen-bond donors (Lipinski definition) is 2. The molecule has 37 heavy (non-hydrogen) atoms. The zero-order valence-corrected chi connectivity index (χ0v) is 21.2. The first kappa shape index (κ1) is 24.8. The summed E-state index contributed by atoms with van der Waals surface area (Å²) in [5.74, 6) is -0.430. The summed E-state index contributed by atoms with van der Waals surface area (Å²) in [4.78, 5) is 41.4. The van der Waals surface area contributed by atoms with Gasteiger partial charge in [0.05, 0.1) is 16.7 Å². The summed E-state index contributed by atoms with van der Waals surface area (Å²) in [7, 11) is -3.69. The standard InChI is InChI=1S/C26H23ClN4O5S/c27-21-7-3-1-5-18(21)16-37(35,36)29-19-9-10-22-17(15-19)11-13-30(22)24(32)12-14-31-23-8-4-2-6-20(23)25(33)28-26(31)34/h1-10,15,29H,11-14,16H2,(H,28,33,34). The van der Waals surface area contributed by atoms with Gasteiger partial charge in [0.25, 0.3) is 5.56 Å². The minimum absolute atomic E-state index is 0.0571. The lowest BCUT2D eigenvalue weighted by atomic mass is 10.1. The zero-order valence-electron chi connectivity index (χ0n) is 19.6. The maximum Gasteiger partial charge on any atom is 0.328 e. The van der Waals surface area contributed by atoms with Crippen LogP contribution in [-0.4, -0.2) is 30.4 Å². The molecule has 11 heteroatoms. The molecular weight excluding hydrogens is 516 g/mol. The van der Waals surface area contributed by atoms with Crippen LogP contribution in [0.25, 0.3) is 10.9 Å². The molecule has 0 fully saturated rings. The third-order valence-corrected chi connectivity index (χ3v) is 7.91. The first-order chi connectivity index (χ1) is 17.7. The van der Waals surface area contributed by atoms with Crippen molar-refractivity contribution in [3.05, 3.63) is 104 Å². The lowest BCUT2D eigenvalue weighted by Crippen LogP contribution is -2.34. The summed E-state index contributed by atoms with van der Waals surface area (Å²) in [6.45, 7) is 0.561. The molecule has 0 unspecified atom stereocenters. The van der Waals surface area contributed by atoms with E-state index in [9.17, 15) is 22.8 Å². The number of para-hydroxylation sites is 1. The number of aryl methyl sites for hydroxylation is 1. The van der Waals surface area contributed by atoms with Crippen LogP contribution in [-0.2, 0) is 33.5 Å². The molecule has 0 bridgehead atoms. The predicted octanol–water partition coefficient (Wildman–Crippen LogP) is 3.26. The van der Waals surface area contributed by atoms with Gasteiger partial charge in [0.1, 0.15) is 0 Å². The monoisotopic (exact) mass is 538 g/mol. The molecule has 9 nitrogen and oxygen atoms in total. The van der Waals surface area contributed by atoms with Gasteiger partial charge < -0.3 is 4.90 Å². The maximum absolute atomic E-state index is 13.1. The molecule has 1 amide bonds. The number of aromatic nitrogens is 2. The molecule has 0 aliphatic carbocycles. The lowest BCUT2D eigenvalue weighted by Gasteiger charge is -2.18. The highest BCUT2D eigenvalue weighted by atomic mass is 35.5. The number of aromatic amines is 1. The minimum Gasteiger partial charge on any atom is -0.312 e. The van der Waals surface area contributed by atoms with Crippen LogP contribution in [0.4, 0.5) is 11.4 Å². The minimum atomic E-state index is -3.69. The number of amides is 1. The Hall–Kier alpha value is -3.89. The number of fused-ring (bicyclic) bond motifs is 2.